The third-order valence-electron chi connectivity index (χ3n) is 6.68. The molecule has 0 aromatic heterocycles. The van der Waals surface area contributed by atoms with E-state index in [1.165, 1.54) is 14.2 Å². The summed E-state index contributed by atoms with van der Waals surface area (Å²) < 4.78 is 21.8. The molecule has 0 radical (unpaired) electrons. The van der Waals surface area contributed by atoms with Crippen LogP contribution in [0.1, 0.15) is 19.8 Å². The number of carbonyl (C=O) groups is 2. The fraction of sp³-hybridized carbons (Fsp3) is 0.440. The van der Waals surface area contributed by atoms with Crippen molar-refractivity contribution in [2.24, 2.45) is 22.5 Å². The smallest absolute Gasteiger partial charge is 0.315 e. The molecule has 2 aromatic carbocycles. The molecular weight excluding hydrogens is 442 g/mol. The maximum absolute atomic E-state index is 11.5. The molecule has 3 unspecified atom stereocenters. The topological polar surface area (TPSA) is 138 Å². The third kappa shape index (κ3) is 4.86. The number of para-hydroxylation sites is 2. The van der Waals surface area contributed by atoms with E-state index in [9.17, 15) is 14.7 Å². The zero-order valence-corrected chi connectivity index (χ0v) is 19.5. The van der Waals surface area contributed by atoms with E-state index in [4.69, 9.17) is 29.8 Å². The summed E-state index contributed by atoms with van der Waals surface area (Å²) in [7, 11) is 2.91. The number of rotatable bonds is 10. The molecule has 2 aliphatic carbocycles. The van der Waals surface area contributed by atoms with E-state index < -0.39 is 34.8 Å². The van der Waals surface area contributed by atoms with Crippen LogP contribution in [0.15, 0.2) is 60.7 Å². The van der Waals surface area contributed by atoms with Crippen molar-refractivity contribution in [1.82, 2.24) is 0 Å². The van der Waals surface area contributed by atoms with E-state index in [-0.39, 0.29) is 12.5 Å². The van der Waals surface area contributed by atoms with Crippen LogP contribution in [0.2, 0.25) is 0 Å². The molecule has 0 bridgehead atoms. The molecule has 3 atom stereocenters. The molecule has 0 amide bonds. The van der Waals surface area contributed by atoms with Gasteiger partial charge in [-0.15, -0.1) is 0 Å². The first kappa shape index (κ1) is 25.5. The van der Waals surface area contributed by atoms with Crippen LogP contribution in [0.3, 0.4) is 0 Å². The molecule has 4 rings (SSSR count). The molecule has 9 heteroatoms. The van der Waals surface area contributed by atoms with Crippen LogP contribution in [0.4, 0.5) is 0 Å². The molecular formula is C25H31NO8. The number of methoxy groups -OCH3 is 2. The highest BCUT2D eigenvalue weighted by Crippen LogP contribution is 2.58. The Morgan fingerprint density at radius 2 is 1.41 bits per heavy atom. The highest BCUT2D eigenvalue weighted by atomic mass is 16.7. The van der Waals surface area contributed by atoms with Crippen molar-refractivity contribution >= 4 is 11.9 Å². The van der Waals surface area contributed by atoms with Gasteiger partial charge in [-0.2, -0.15) is 0 Å². The van der Waals surface area contributed by atoms with E-state index in [1.54, 1.807) is 6.92 Å². The number of hydrogen-bond acceptors (Lipinski definition) is 7. The van der Waals surface area contributed by atoms with E-state index in [1.807, 2.05) is 60.7 Å². The molecule has 2 saturated carbocycles. The van der Waals surface area contributed by atoms with Gasteiger partial charge in [0.15, 0.2) is 5.79 Å². The maximum Gasteiger partial charge on any atom is 0.315 e. The largest absolute Gasteiger partial charge is 0.481 e. The second-order valence-corrected chi connectivity index (χ2v) is 8.68. The van der Waals surface area contributed by atoms with Gasteiger partial charge in [0.2, 0.25) is 6.29 Å². The Balaban J connectivity index is 0.000000248. The first-order valence-electron chi connectivity index (χ1n) is 10.9. The summed E-state index contributed by atoms with van der Waals surface area (Å²) in [5, 5.41) is 18.2. The van der Waals surface area contributed by atoms with Gasteiger partial charge >= 0.3 is 11.9 Å². The lowest BCUT2D eigenvalue weighted by molar-refractivity contribution is -0.174. The maximum atomic E-state index is 11.5. The minimum Gasteiger partial charge on any atom is -0.481 e. The average molecular weight is 474 g/mol. The van der Waals surface area contributed by atoms with Crippen LogP contribution in [-0.2, 0) is 19.1 Å². The Hall–Kier alpha value is -3.14. The molecule has 9 nitrogen and oxygen atoms in total. The minimum absolute atomic E-state index is 0.0692. The molecule has 2 fully saturated rings. The van der Waals surface area contributed by atoms with Gasteiger partial charge in [-0.05, 0) is 37.6 Å². The molecule has 0 saturated heterocycles. The standard InChI is InChI=1S/C18H19NO4.C7H12O4/c19-12-18(17(20)21)11-15(18)16(22-13-7-3-1-4-8-13)23-14-9-5-2-6-10-14;1-6(5(8)9)4-7(6,10-2)11-3/h1-10,15-16H,11-12,19H2,(H,20,21);4H2,1-3H3,(H,8,9). The summed E-state index contributed by atoms with van der Waals surface area (Å²) in [6.07, 6.45) is 0.172. The summed E-state index contributed by atoms with van der Waals surface area (Å²) in [6, 6.07) is 18.5. The van der Waals surface area contributed by atoms with E-state index in [0.29, 0.717) is 24.3 Å². The van der Waals surface area contributed by atoms with Crippen molar-refractivity contribution in [3.63, 3.8) is 0 Å². The molecule has 34 heavy (non-hydrogen) atoms. The van der Waals surface area contributed by atoms with Crippen LogP contribution in [0.5, 0.6) is 11.5 Å². The summed E-state index contributed by atoms with van der Waals surface area (Å²) in [5.74, 6) is -1.68. The highest BCUT2D eigenvalue weighted by molar-refractivity contribution is 5.80. The predicted octanol–water partition coefficient (Wildman–Crippen LogP) is 2.99. The Kier molecular flexibility index (Phi) is 7.50. The van der Waals surface area contributed by atoms with Gasteiger partial charge in [0, 0.05) is 27.2 Å². The van der Waals surface area contributed by atoms with Gasteiger partial charge in [0.1, 0.15) is 16.9 Å². The Morgan fingerprint density at radius 3 is 1.68 bits per heavy atom. The Bertz CT molecular complexity index is 939. The monoisotopic (exact) mass is 473 g/mol. The predicted molar refractivity (Wildman–Crippen MR) is 122 cm³/mol. The van der Waals surface area contributed by atoms with Gasteiger partial charge in [-0.1, -0.05) is 36.4 Å². The van der Waals surface area contributed by atoms with E-state index >= 15 is 0 Å². The fourth-order valence-electron chi connectivity index (χ4n) is 4.05. The van der Waals surface area contributed by atoms with Crippen LogP contribution < -0.4 is 15.2 Å². The summed E-state index contributed by atoms with van der Waals surface area (Å²) >= 11 is 0. The number of carboxylic acids is 2. The third-order valence-corrected chi connectivity index (χ3v) is 6.68. The van der Waals surface area contributed by atoms with Gasteiger partial charge in [-0.3, -0.25) is 9.59 Å². The van der Waals surface area contributed by atoms with Gasteiger partial charge in [-0.25, -0.2) is 0 Å². The van der Waals surface area contributed by atoms with Crippen LogP contribution >= 0.6 is 0 Å². The zero-order chi connectivity index (χ0) is 25.0. The second-order valence-electron chi connectivity index (χ2n) is 8.68. The van der Waals surface area contributed by atoms with Crippen molar-refractivity contribution in [2.45, 2.75) is 31.8 Å². The number of ether oxygens (including phenoxy) is 4. The highest BCUT2D eigenvalue weighted by Gasteiger charge is 2.72. The Morgan fingerprint density at radius 1 is 0.941 bits per heavy atom. The van der Waals surface area contributed by atoms with Gasteiger partial charge < -0.3 is 34.9 Å². The lowest BCUT2D eigenvalue weighted by Gasteiger charge is -2.22. The van der Waals surface area contributed by atoms with E-state index in [2.05, 4.69) is 0 Å². The summed E-state index contributed by atoms with van der Waals surface area (Å²) in [5.41, 5.74) is 3.86. The number of hydrogen-bond donors (Lipinski definition) is 3. The van der Waals surface area contributed by atoms with Crippen molar-refractivity contribution in [2.75, 3.05) is 20.8 Å². The van der Waals surface area contributed by atoms with Crippen LogP contribution in [-0.4, -0.2) is 55.0 Å². The molecule has 2 aromatic rings. The average Bonchev–Trinajstić information content (AvgIpc) is 3.73. The lowest BCUT2D eigenvalue weighted by Crippen LogP contribution is -2.35. The second kappa shape index (κ2) is 10.0. The first-order chi connectivity index (χ1) is 16.2. The Labute approximate surface area is 198 Å². The van der Waals surface area contributed by atoms with Crippen LogP contribution in [0.25, 0.3) is 0 Å². The number of carboxylic acid groups (broad SMARTS) is 2. The van der Waals surface area contributed by atoms with E-state index in [0.717, 1.165) is 0 Å². The van der Waals surface area contributed by atoms with Crippen molar-refractivity contribution in [3.05, 3.63) is 60.7 Å². The summed E-state index contributed by atoms with van der Waals surface area (Å²) in [6.45, 7) is 1.68. The quantitative estimate of drug-likeness (QED) is 0.445. The lowest BCUT2D eigenvalue weighted by atomic mass is 10.0. The normalized spacial score (nSPS) is 26.1. The number of aliphatic carboxylic acids is 2. The van der Waals surface area contributed by atoms with Crippen molar-refractivity contribution in [3.8, 4) is 11.5 Å². The number of nitrogens with two attached hydrogens (primary N) is 1. The molecule has 0 spiro atoms. The molecule has 184 valence electrons. The van der Waals surface area contributed by atoms with Gasteiger partial charge in [0.25, 0.3) is 0 Å². The SMILES string of the molecule is COC1(OC)CC1(C)C(=O)O.NCC1(C(=O)O)CC1C(Oc1ccccc1)Oc1ccccc1. The van der Waals surface area contributed by atoms with Crippen molar-refractivity contribution in [1.29, 1.82) is 0 Å². The number of benzene rings is 2. The van der Waals surface area contributed by atoms with Crippen molar-refractivity contribution < 1.29 is 38.7 Å². The van der Waals surface area contributed by atoms with Gasteiger partial charge in [0.05, 0.1) is 11.3 Å². The molecule has 0 aliphatic heterocycles. The van der Waals surface area contributed by atoms with Crippen LogP contribution in [0, 0.1) is 16.7 Å². The zero-order valence-electron chi connectivity index (χ0n) is 19.5. The molecule has 0 heterocycles. The first-order valence-corrected chi connectivity index (χ1v) is 10.9. The molecule has 2 aliphatic rings. The minimum atomic E-state index is -0.964. The molecule has 4 N–H and O–H groups in total. The summed E-state index contributed by atoms with van der Waals surface area (Å²) in [4.78, 5) is 22.2. The fourth-order valence-corrected chi connectivity index (χ4v) is 4.05.